The first-order chi connectivity index (χ1) is 9.81. The van der Waals surface area contributed by atoms with E-state index in [1.807, 2.05) is 18.2 Å². The van der Waals surface area contributed by atoms with Gasteiger partial charge in [0, 0.05) is 12.6 Å². The molecule has 2 heterocycles. The second-order valence-corrected chi connectivity index (χ2v) is 5.74. The highest BCUT2D eigenvalue weighted by molar-refractivity contribution is 5.46. The molecular weight excluding hydrogens is 254 g/mol. The standard InChI is InChI=1S/C16H23NO3/c1-13-5-8-17(9-6-13)7-2-10-18-14-3-4-15-16(11-14)20-12-19-15/h3-4,11,13H,2,5-10,12H2,1H3. The summed E-state index contributed by atoms with van der Waals surface area (Å²) in [5.74, 6) is 3.35. The van der Waals surface area contributed by atoms with Gasteiger partial charge in [0.05, 0.1) is 6.61 Å². The highest BCUT2D eigenvalue weighted by atomic mass is 16.7. The van der Waals surface area contributed by atoms with Crippen LogP contribution in [0.2, 0.25) is 0 Å². The van der Waals surface area contributed by atoms with Crippen molar-refractivity contribution in [3.8, 4) is 17.2 Å². The molecule has 1 aromatic rings. The van der Waals surface area contributed by atoms with Crippen LogP contribution in [-0.2, 0) is 0 Å². The summed E-state index contributed by atoms with van der Waals surface area (Å²) in [4.78, 5) is 2.54. The van der Waals surface area contributed by atoms with Gasteiger partial charge in [0.25, 0.3) is 0 Å². The van der Waals surface area contributed by atoms with Crippen LogP contribution in [0.25, 0.3) is 0 Å². The SMILES string of the molecule is CC1CCN(CCCOc2ccc3c(c2)OCO3)CC1. The molecular formula is C16H23NO3. The first-order valence-corrected chi connectivity index (χ1v) is 7.56. The molecule has 110 valence electrons. The molecule has 20 heavy (non-hydrogen) atoms. The average molecular weight is 277 g/mol. The molecule has 2 aliphatic heterocycles. The first kappa shape index (κ1) is 13.6. The summed E-state index contributed by atoms with van der Waals surface area (Å²) in [5, 5.41) is 0. The van der Waals surface area contributed by atoms with E-state index in [1.54, 1.807) is 0 Å². The van der Waals surface area contributed by atoms with Crippen molar-refractivity contribution in [2.75, 3.05) is 33.0 Å². The molecule has 0 bridgehead atoms. The van der Waals surface area contributed by atoms with Gasteiger partial charge >= 0.3 is 0 Å². The Kier molecular flexibility index (Phi) is 4.31. The second-order valence-electron chi connectivity index (χ2n) is 5.74. The summed E-state index contributed by atoms with van der Waals surface area (Å²) in [6.45, 7) is 7.03. The maximum atomic E-state index is 5.78. The van der Waals surface area contributed by atoms with E-state index in [0.717, 1.165) is 42.7 Å². The van der Waals surface area contributed by atoms with Gasteiger partial charge in [0.2, 0.25) is 6.79 Å². The summed E-state index contributed by atoms with van der Waals surface area (Å²) >= 11 is 0. The van der Waals surface area contributed by atoms with Crippen LogP contribution in [0, 0.1) is 5.92 Å². The van der Waals surface area contributed by atoms with Crippen LogP contribution in [-0.4, -0.2) is 37.9 Å². The smallest absolute Gasteiger partial charge is 0.231 e. The molecule has 0 aliphatic carbocycles. The quantitative estimate of drug-likeness (QED) is 0.774. The number of benzene rings is 1. The molecule has 0 amide bonds. The number of fused-ring (bicyclic) bond motifs is 1. The zero-order chi connectivity index (χ0) is 13.8. The second kappa shape index (κ2) is 6.35. The van der Waals surface area contributed by atoms with Crippen LogP contribution < -0.4 is 14.2 Å². The number of hydrogen-bond donors (Lipinski definition) is 0. The molecule has 4 heteroatoms. The van der Waals surface area contributed by atoms with E-state index in [2.05, 4.69) is 11.8 Å². The minimum absolute atomic E-state index is 0.312. The number of nitrogens with zero attached hydrogens (tertiary/aromatic N) is 1. The summed E-state index contributed by atoms with van der Waals surface area (Å²) in [6.07, 6.45) is 3.74. The van der Waals surface area contributed by atoms with Crippen molar-refractivity contribution >= 4 is 0 Å². The zero-order valence-electron chi connectivity index (χ0n) is 12.1. The van der Waals surface area contributed by atoms with Gasteiger partial charge in [0.1, 0.15) is 5.75 Å². The van der Waals surface area contributed by atoms with Gasteiger partial charge in [-0.05, 0) is 50.4 Å². The normalized spacial score (nSPS) is 19.2. The molecule has 3 rings (SSSR count). The van der Waals surface area contributed by atoms with Gasteiger partial charge in [-0.25, -0.2) is 0 Å². The molecule has 2 aliphatic rings. The monoisotopic (exact) mass is 277 g/mol. The Balaban J connectivity index is 1.37. The number of ether oxygens (including phenoxy) is 3. The maximum Gasteiger partial charge on any atom is 0.231 e. The molecule has 0 radical (unpaired) electrons. The van der Waals surface area contributed by atoms with E-state index < -0.39 is 0 Å². The third-order valence-corrected chi connectivity index (χ3v) is 4.11. The van der Waals surface area contributed by atoms with Crippen molar-refractivity contribution in [2.24, 2.45) is 5.92 Å². The third kappa shape index (κ3) is 3.37. The lowest BCUT2D eigenvalue weighted by Gasteiger charge is -2.30. The van der Waals surface area contributed by atoms with Crippen molar-refractivity contribution in [3.05, 3.63) is 18.2 Å². The van der Waals surface area contributed by atoms with Crippen LogP contribution in [0.5, 0.6) is 17.2 Å². The molecule has 0 saturated carbocycles. The Morgan fingerprint density at radius 3 is 2.85 bits per heavy atom. The van der Waals surface area contributed by atoms with Crippen molar-refractivity contribution in [1.29, 1.82) is 0 Å². The third-order valence-electron chi connectivity index (χ3n) is 4.11. The molecule has 1 saturated heterocycles. The lowest BCUT2D eigenvalue weighted by Crippen LogP contribution is -2.34. The first-order valence-electron chi connectivity index (χ1n) is 7.56. The molecule has 0 aromatic heterocycles. The lowest BCUT2D eigenvalue weighted by molar-refractivity contribution is 0.173. The minimum Gasteiger partial charge on any atom is -0.493 e. The number of likely N-dealkylation sites (tertiary alicyclic amines) is 1. The fourth-order valence-corrected chi connectivity index (χ4v) is 2.73. The Morgan fingerprint density at radius 2 is 2.00 bits per heavy atom. The van der Waals surface area contributed by atoms with Crippen LogP contribution in [0.4, 0.5) is 0 Å². The van der Waals surface area contributed by atoms with Gasteiger partial charge in [-0.15, -0.1) is 0 Å². The van der Waals surface area contributed by atoms with Crippen LogP contribution in [0.3, 0.4) is 0 Å². The van der Waals surface area contributed by atoms with E-state index in [4.69, 9.17) is 14.2 Å². The van der Waals surface area contributed by atoms with Crippen molar-refractivity contribution < 1.29 is 14.2 Å². The summed E-state index contributed by atoms with van der Waals surface area (Å²) in [6, 6.07) is 5.75. The molecule has 0 atom stereocenters. The average Bonchev–Trinajstić information content (AvgIpc) is 2.93. The molecule has 4 nitrogen and oxygen atoms in total. The van der Waals surface area contributed by atoms with Crippen LogP contribution >= 0.6 is 0 Å². The highest BCUT2D eigenvalue weighted by Crippen LogP contribution is 2.35. The Hall–Kier alpha value is -1.42. The summed E-state index contributed by atoms with van der Waals surface area (Å²) in [7, 11) is 0. The van der Waals surface area contributed by atoms with Gasteiger partial charge in [-0.2, -0.15) is 0 Å². The van der Waals surface area contributed by atoms with Crippen molar-refractivity contribution in [3.63, 3.8) is 0 Å². The van der Waals surface area contributed by atoms with E-state index in [9.17, 15) is 0 Å². The van der Waals surface area contributed by atoms with Gasteiger partial charge in [-0.3, -0.25) is 0 Å². The predicted octanol–water partition coefficient (Wildman–Crippen LogP) is 2.92. The topological polar surface area (TPSA) is 30.9 Å². The number of hydrogen-bond acceptors (Lipinski definition) is 4. The minimum atomic E-state index is 0.312. The maximum absolute atomic E-state index is 5.78. The number of piperidine rings is 1. The van der Waals surface area contributed by atoms with E-state index >= 15 is 0 Å². The van der Waals surface area contributed by atoms with Gasteiger partial charge < -0.3 is 19.1 Å². The molecule has 0 spiro atoms. The molecule has 1 fully saturated rings. The van der Waals surface area contributed by atoms with E-state index in [1.165, 1.54) is 25.9 Å². The van der Waals surface area contributed by atoms with Crippen LogP contribution in [0.1, 0.15) is 26.2 Å². The fourth-order valence-electron chi connectivity index (χ4n) is 2.73. The van der Waals surface area contributed by atoms with E-state index in [-0.39, 0.29) is 0 Å². The van der Waals surface area contributed by atoms with Gasteiger partial charge in [0.15, 0.2) is 11.5 Å². The summed E-state index contributed by atoms with van der Waals surface area (Å²) in [5.41, 5.74) is 0. The zero-order valence-corrected chi connectivity index (χ0v) is 12.1. The Bertz CT molecular complexity index is 441. The molecule has 0 unspecified atom stereocenters. The fraction of sp³-hybridized carbons (Fsp3) is 0.625. The van der Waals surface area contributed by atoms with E-state index in [0.29, 0.717) is 6.79 Å². The lowest BCUT2D eigenvalue weighted by atomic mass is 9.99. The highest BCUT2D eigenvalue weighted by Gasteiger charge is 2.15. The largest absolute Gasteiger partial charge is 0.493 e. The molecule has 1 aromatic carbocycles. The predicted molar refractivity (Wildman–Crippen MR) is 77.5 cm³/mol. The van der Waals surface area contributed by atoms with Crippen LogP contribution in [0.15, 0.2) is 18.2 Å². The Morgan fingerprint density at radius 1 is 1.20 bits per heavy atom. The number of rotatable bonds is 5. The Labute approximate surface area is 120 Å². The summed E-state index contributed by atoms with van der Waals surface area (Å²) < 4.78 is 16.4. The molecule has 0 N–H and O–H groups in total. The van der Waals surface area contributed by atoms with Gasteiger partial charge in [-0.1, -0.05) is 6.92 Å². The van der Waals surface area contributed by atoms with Crippen molar-refractivity contribution in [2.45, 2.75) is 26.2 Å². The van der Waals surface area contributed by atoms with Crippen molar-refractivity contribution in [1.82, 2.24) is 4.90 Å².